The van der Waals surface area contributed by atoms with Gasteiger partial charge in [-0.2, -0.15) is 5.10 Å². The third kappa shape index (κ3) is 3.56. The van der Waals surface area contributed by atoms with Gasteiger partial charge in [-0.3, -0.25) is 4.79 Å². The molecule has 0 atom stereocenters. The first kappa shape index (κ1) is 18.4. The van der Waals surface area contributed by atoms with Crippen molar-refractivity contribution in [3.8, 4) is 11.3 Å². The minimum Gasteiger partial charge on any atom is -0.321 e. The second kappa shape index (κ2) is 7.22. The van der Waals surface area contributed by atoms with Crippen LogP contribution < -0.4 is 5.32 Å². The molecule has 4 aromatic rings. The van der Waals surface area contributed by atoms with Gasteiger partial charge in [-0.25, -0.2) is 13.9 Å². The quantitative estimate of drug-likeness (QED) is 0.487. The summed E-state index contributed by atoms with van der Waals surface area (Å²) >= 11 is 11.9. The van der Waals surface area contributed by atoms with E-state index in [4.69, 9.17) is 23.2 Å². The fourth-order valence-corrected chi connectivity index (χ4v) is 3.07. The number of aromatic nitrogens is 3. The average Bonchev–Trinajstić information content (AvgIpc) is 3.10. The Labute approximate surface area is 169 Å². The summed E-state index contributed by atoms with van der Waals surface area (Å²) < 4.78 is 14.7. The lowest BCUT2D eigenvalue weighted by molar-refractivity contribution is 0.102. The summed E-state index contributed by atoms with van der Waals surface area (Å²) in [4.78, 5) is 17.1. The number of nitrogens with zero attached hydrogens (tertiary/aromatic N) is 3. The number of hydrogen-bond acceptors (Lipinski definition) is 3. The van der Waals surface area contributed by atoms with Crippen LogP contribution in [0.15, 0.2) is 54.6 Å². The molecule has 0 spiro atoms. The molecule has 5 nitrogen and oxygen atoms in total. The van der Waals surface area contributed by atoms with Crippen LogP contribution in [0.5, 0.6) is 0 Å². The Morgan fingerprint density at radius 2 is 1.79 bits per heavy atom. The number of amides is 1. The number of carbonyl (C=O) groups excluding carboxylic acids is 1. The maximum absolute atomic E-state index is 13.2. The third-order valence-corrected chi connectivity index (χ3v) is 4.89. The van der Waals surface area contributed by atoms with Crippen molar-refractivity contribution in [1.82, 2.24) is 14.6 Å². The topological polar surface area (TPSA) is 59.3 Å². The molecule has 0 aliphatic heterocycles. The molecule has 0 fully saturated rings. The van der Waals surface area contributed by atoms with Crippen molar-refractivity contribution in [2.75, 3.05) is 5.32 Å². The lowest BCUT2D eigenvalue weighted by Crippen LogP contribution is -2.12. The highest BCUT2D eigenvalue weighted by atomic mass is 35.5. The number of benzene rings is 2. The Morgan fingerprint density at radius 1 is 1.04 bits per heavy atom. The van der Waals surface area contributed by atoms with E-state index in [9.17, 15) is 9.18 Å². The number of nitrogens with one attached hydrogen (secondary N) is 1. The normalized spacial score (nSPS) is 11.0. The molecular weight excluding hydrogens is 402 g/mol. The van der Waals surface area contributed by atoms with Crippen LogP contribution in [0.4, 0.5) is 10.1 Å². The molecule has 0 aliphatic carbocycles. The largest absolute Gasteiger partial charge is 0.321 e. The van der Waals surface area contributed by atoms with Gasteiger partial charge in [0.05, 0.1) is 15.7 Å². The van der Waals surface area contributed by atoms with E-state index in [0.29, 0.717) is 27.1 Å². The zero-order valence-electron chi connectivity index (χ0n) is 14.6. The van der Waals surface area contributed by atoms with Gasteiger partial charge >= 0.3 is 0 Å². The number of fused-ring (bicyclic) bond motifs is 1. The number of carbonyl (C=O) groups is 1. The van der Waals surface area contributed by atoms with Gasteiger partial charge in [0.25, 0.3) is 5.91 Å². The van der Waals surface area contributed by atoms with E-state index in [1.807, 2.05) is 13.0 Å². The molecule has 0 aliphatic rings. The van der Waals surface area contributed by atoms with E-state index >= 15 is 0 Å². The van der Waals surface area contributed by atoms with E-state index in [1.165, 1.54) is 12.1 Å². The number of halogens is 3. The van der Waals surface area contributed by atoms with Gasteiger partial charge in [-0.1, -0.05) is 23.2 Å². The lowest BCUT2D eigenvalue weighted by atomic mass is 10.1. The Bertz CT molecular complexity index is 1210. The van der Waals surface area contributed by atoms with Crippen LogP contribution in [0.2, 0.25) is 10.0 Å². The van der Waals surface area contributed by atoms with Crippen molar-refractivity contribution >= 4 is 40.4 Å². The van der Waals surface area contributed by atoms with Gasteiger partial charge in [0, 0.05) is 23.0 Å². The van der Waals surface area contributed by atoms with Crippen LogP contribution >= 0.6 is 23.2 Å². The van der Waals surface area contributed by atoms with Gasteiger partial charge < -0.3 is 5.32 Å². The molecule has 140 valence electrons. The molecule has 4 rings (SSSR count). The van der Waals surface area contributed by atoms with Crippen LogP contribution in [0.1, 0.15) is 16.2 Å². The second-order valence-electron chi connectivity index (χ2n) is 6.17. The molecule has 0 saturated carbocycles. The predicted octanol–water partition coefficient (Wildman–Crippen LogP) is 5.40. The molecule has 0 saturated heterocycles. The zero-order valence-corrected chi connectivity index (χ0v) is 16.1. The first-order valence-corrected chi connectivity index (χ1v) is 9.06. The maximum Gasteiger partial charge on any atom is 0.276 e. The average molecular weight is 415 g/mol. The predicted molar refractivity (Wildman–Crippen MR) is 108 cm³/mol. The van der Waals surface area contributed by atoms with E-state index in [1.54, 1.807) is 40.9 Å². The molecule has 1 N–H and O–H groups in total. The van der Waals surface area contributed by atoms with E-state index in [2.05, 4.69) is 15.4 Å². The summed E-state index contributed by atoms with van der Waals surface area (Å²) in [5, 5.41) is 7.80. The highest BCUT2D eigenvalue weighted by Crippen LogP contribution is 2.25. The van der Waals surface area contributed by atoms with Crippen molar-refractivity contribution in [3.63, 3.8) is 0 Å². The fraction of sp³-hybridized carbons (Fsp3) is 0.0500. The molecule has 0 unspecified atom stereocenters. The number of aryl methyl sites for hydroxylation is 1. The van der Waals surface area contributed by atoms with Crippen LogP contribution in [0.25, 0.3) is 16.9 Å². The summed E-state index contributed by atoms with van der Waals surface area (Å²) in [6.07, 6.45) is 0. The fourth-order valence-electron chi connectivity index (χ4n) is 2.77. The van der Waals surface area contributed by atoms with Crippen molar-refractivity contribution in [2.45, 2.75) is 6.92 Å². The minimum atomic E-state index is -0.397. The van der Waals surface area contributed by atoms with Gasteiger partial charge in [-0.05, 0) is 55.5 Å². The summed E-state index contributed by atoms with van der Waals surface area (Å²) in [5.41, 5.74) is 3.46. The number of anilines is 1. The van der Waals surface area contributed by atoms with Crippen molar-refractivity contribution in [2.24, 2.45) is 0 Å². The number of hydrogen-bond donors (Lipinski definition) is 1. The second-order valence-corrected chi connectivity index (χ2v) is 6.99. The standard InChI is InChI=1S/C20H13Cl2FN4O/c1-11-8-17(12-2-4-13(23)5-3-12)25-19-10-18(26-27(11)19)20(28)24-14-6-7-15(21)16(22)9-14/h2-10H,1H3,(H,24,28). The molecule has 0 radical (unpaired) electrons. The minimum absolute atomic E-state index is 0.206. The van der Waals surface area contributed by atoms with Crippen LogP contribution in [0, 0.1) is 12.7 Å². The van der Waals surface area contributed by atoms with Gasteiger partial charge in [0.1, 0.15) is 5.82 Å². The molecule has 2 aromatic heterocycles. The maximum atomic E-state index is 13.2. The summed E-state index contributed by atoms with van der Waals surface area (Å²) in [6.45, 7) is 1.86. The SMILES string of the molecule is Cc1cc(-c2ccc(F)cc2)nc2cc(C(=O)Nc3ccc(Cl)c(Cl)c3)nn12. The summed E-state index contributed by atoms with van der Waals surface area (Å²) in [7, 11) is 0. The van der Waals surface area contributed by atoms with Gasteiger partial charge in [0.15, 0.2) is 11.3 Å². The molecule has 1 amide bonds. The highest BCUT2D eigenvalue weighted by Gasteiger charge is 2.15. The lowest BCUT2D eigenvalue weighted by Gasteiger charge is -2.05. The highest BCUT2D eigenvalue weighted by molar-refractivity contribution is 6.42. The molecule has 0 bridgehead atoms. The molecule has 28 heavy (non-hydrogen) atoms. The van der Waals surface area contributed by atoms with Crippen molar-refractivity contribution < 1.29 is 9.18 Å². The van der Waals surface area contributed by atoms with E-state index < -0.39 is 5.91 Å². The molecule has 8 heteroatoms. The summed E-state index contributed by atoms with van der Waals surface area (Å²) in [6, 6.07) is 14.3. The van der Waals surface area contributed by atoms with E-state index in [0.717, 1.165) is 11.3 Å². The molecule has 2 aromatic carbocycles. The van der Waals surface area contributed by atoms with Gasteiger partial charge in [-0.15, -0.1) is 0 Å². The Kier molecular flexibility index (Phi) is 4.75. The number of rotatable bonds is 3. The Balaban J connectivity index is 1.67. The van der Waals surface area contributed by atoms with Crippen molar-refractivity contribution in [3.05, 3.63) is 81.8 Å². The summed E-state index contributed by atoms with van der Waals surface area (Å²) in [5.74, 6) is -0.709. The first-order chi connectivity index (χ1) is 13.4. The Hall–Kier alpha value is -2.96. The third-order valence-electron chi connectivity index (χ3n) is 4.16. The van der Waals surface area contributed by atoms with Gasteiger partial charge in [0.2, 0.25) is 0 Å². The van der Waals surface area contributed by atoms with Crippen LogP contribution in [0.3, 0.4) is 0 Å². The monoisotopic (exact) mass is 414 g/mol. The van der Waals surface area contributed by atoms with Crippen LogP contribution in [-0.2, 0) is 0 Å². The van der Waals surface area contributed by atoms with Crippen molar-refractivity contribution in [1.29, 1.82) is 0 Å². The Morgan fingerprint density at radius 3 is 2.50 bits per heavy atom. The first-order valence-electron chi connectivity index (χ1n) is 8.30. The molecule has 2 heterocycles. The zero-order chi connectivity index (χ0) is 19.8. The molecular formula is C20H13Cl2FN4O. The smallest absolute Gasteiger partial charge is 0.276 e. The van der Waals surface area contributed by atoms with Crippen LogP contribution in [-0.4, -0.2) is 20.5 Å². The van der Waals surface area contributed by atoms with E-state index in [-0.39, 0.29) is 11.5 Å².